The maximum absolute atomic E-state index is 14.7. The number of fused-ring (bicyclic) bond motifs is 7. The highest BCUT2D eigenvalue weighted by atomic mass is 28.3. The lowest BCUT2D eigenvalue weighted by molar-refractivity contribution is 0.571. The second-order valence-electron chi connectivity index (χ2n) is 15.9. The van der Waals surface area contributed by atoms with Crippen molar-refractivity contribution < 1.29 is 0 Å². The third-order valence-electron chi connectivity index (χ3n) is 9.97. The third-order valence-corrected chi connectivity index (χ3v) is 14.0. The fourth-order valence-electron chi connectivity index (χ4n) is 7.99. The van der Waals surface area contributed by atoms with Crippen LogP contribution in [0.15, 0.2) is 53.3 Å². The summed E-state index contributed by atoms with van der Waals surface area (Å²) in [4.78, 5) is 24.9. The summed E-state index contributed by atoms with van der Waals surface area (Å²) < 4.78 is 1.85. The van der Waals surface area contributed by atoms with E-state index in [0.29, 0.717) is 5.65 Å². The molecule has 3 aromatic heterocycles. The molecule has 0 spiro atoms. The molecule has 9 aromatic rings. The summed E-state index contributed by atoms with van der Waals surface area (Å²) in [7, 11) is -3.55. The van der Waals surface area contributed by atoms with Crippen LogP contribution >= 0.6 is 0 Å². The average molecular weight is 594 g/mol. The molecule has 6 aromatic carbocycles. The molecule has 212 valence electrons. The SMILES string of the molecule is CC(C)(C)c1ccc2c(n1)nc1c3c4cc([Si](C)(C)C)c5ccc6ccc7c([Si](C)(C)C)cc(c3c(=O)n21)c1c7c6c5c41. The molecule has 6 heteroatoms. The molecule has 0 amide bonds. The monoisotopic (exact) mass is 593 g/mol. The van der Waals surface area contributed by atoms with Gasteiger partial charge < -0.3 is 0 Å². The van der Waals surface area contributed by atoms with Crippen molar-refractivity contribution in [2.75, 3.05) is 0 Å². The van der Waals surface area contributed by atoms with Crippen LogP contribution in [0.1, 0.15) is 26.5 Å². The third kappa shape index (κ3) is 2.98. The van der Waals surface area contributed by atoms with E-state index in [1.165, 1.54) is 58.8 Å². The minimum Gasteiger partial charge on any atom is -0.268 e. The van der Waals surface area contributed by atoms with E-state index in [2.05, 4.69) is 103 Å². The Morgan fingerprint density at radius 3 is 1.67 bits per heavy atom. The molecule has 43 heavy (non-hydrogen) atoms. The van der Waals surface area contributed by atoms with Crippen LogP contribution in [0.3, 0.4) is 0 Å². The molecule has 0 aliphatic rings. The number of aromatic nitrogens is 3. The Kier molecular flexibility index (Phi) is 4.42. The molecular weight excluding hydrogens is 559 g/mol. The van der Waals surface area contributed by atoms with Gasteiger partial charge in [0.25, 0.3) is 5.56 Å². The number of hydrogen-bond acceptors (Lipinski definition) is 3. The molecular formula is C37H35N3OSi2. The molecule has 0 bridgehead atoms. The van der Waals surface area contributed by atoms with Crippen molar-refractivity contribution in [1.82, 2.24) is 14.4 Å². The van der Waals surface area contributed by atoms with Crippen LogP contribution in [-0.2, 0) is 5.41 Å². The molecule has 0 N–H and O–H groups in total. The van der Waals surface area contributed by atoms with Gasteiger partial charge in [0.05, 0.1) is 27.1 Å². The smallest absolute Gasteiger partial charge is 0.265 e. The highest BCUT2D eigenvalue weighted by Gasteiger charge is 2.33. The normalized spacial score (nSPS) is 14.3. The Hall–Kier alpha value is -3.88. The minimum atomic E-state index is -1.78. The Bertz CT molecular complexity index is 2680. The Balaban J connectivity index is 1.64. The maximum atomic E-state index is 14.7. The molecule has 0 unspecified atom stereocenters. The number of nitrogens with zero attached hydrogens (tertiary/aromatic N) is 3. The van der Waals surface area contributed by atoms with Gasteiger partial charge >= 0.3 is 0 Å². The molecule has 3 heterocycles. The van der Waals surface area contributed by atoms with Gasteiger partial charge in [-0.2, -0.15) is 0 Å². The van der Waals surface area contributed by atoms with Gasteiger partial charge in [-0.1, -0.05) is 107 Å². The molecule has 0 aliphatic heterocycles. The first kappa shape index (κ1) is 25.6. The van der Waals surface area contributed by atoms with Crippen molar-refractivity contribution in [2.45, 2.75) is 65.5 Å². The molecule has 0 saturated heterocycles. The van der Waals surface area contributed by atoms with E-state index in [1.807, 2.05) is 10.5 Å². The quantitative estimate of drug-likeness (QED) is 0.150. The van der Waals surface area contributed by atoms with E-state index in [1.54, 1.807) is 0 Å². The largest absolute Gasteiger partial charge is 0.268 e. The Morgan fingerprint density at radius 2 is 1.14 bits per heavy atom. The second-order valence-corrected chi connectivity index (χ2v) is 26.0. The fraction of sp³-hybridized carbons (Fsp3) is 0.270. The van der Waals surface area contributed by atoms with Gasteiger partial charge in [-0.15, -0.1) is 0 Å². The lowest BCUT2D eigenvalue weighted by Gasteiger charge is -2.21. The molecule has 0 saturated carbocycles. The van der Waals surface area contributed by atoms with Gasteiger partial charge in [0.1, 0.15) is 0 Å². The first-order chi connectivity index (χ1) is 20.2. The summed E-state index contributed by atoms with van der Waals surface area (Å²) in [5.41, 5.74) is 3.10. The summed E-state index contributed by atoms with van der Waals surface area (Å²) in [5.74, 6) is 0. The van der Waals surface area contributed by atoms with E-state index in [-0.39, 0.29) is 11.0 Å². The van der Waals surface area contributed by atoms with Crippen molar-refractivity contribution in [2.24, 2.45) is 0 Å². The number of benzene rings is 5. The Morgan fingerprint density at radius 1 is 0.605 bits per heavy atom. The van der Waals surface area contributed by atoms with Crippen molar-refractivity contribution >= 4 is 108 Å². The van der Waals surface area contributed by atoms with Crippen LogP contribution in [0.2, 0.25) is 39.3 Å². The zero-order valence-electron chi connectivity index (χ0n) is 26.4. The molecule has 0 atom stereocenters. The van der Waals surface area contributed by atoms with Gasteiger partial charge in [0.2, 0.25) is 0 Å². The number of hydrogen-bond donors (Lipinski definition) is 0. The van der Waals surface area contributed by atoms with Crippen LogP contribution in [0.5, 0.6) is 0 Å². The summed E-state index contributed by atoms with van der Waals surface area (Å²) in [6.45, 7) is 21.1. The highest BCUT2D eigenvalue weighted by molar-refractivity contribution is 6.91. The van der Waals surface area contributed by atoms with Gasteiger partial charge in [0.15, 0.2) is 11.3 Å². The number of rotatable bonds is 2. The lowest BCUT2D eigenvalue weighted by atomic mass is 9.92. The maximum Gasteiger partial charge on any atom is 0.265 e. The summed E-state index contributed by atoms with van der Waals surface area (Å²) in [6.07, 6.45) is 0. The minimum absolute atomic E-state index is 0.0263. The van der Waals surface area contributed by atoms with Crippen LogP contribution in [0, 0.1) is 0 Å². The molecule has 0 aliphatic carbocycles. The zero-order chi connectivity index (χ0) is 30.1. The van der Waals surface area contributed by atoms with Crippen LogP contribution in [-0.4, -0.2) is 30.5 Å². The fourth-order valence-corrected chi connectivity index (χ4v) is 11.2. The van der Waals surface area contributed by atoms with E-state index in [9.17, 15) is 4.79 Å². The second kappa shape index (κ2) is 7.42. The van der Waals surface area contributed by atoms with E-state index in [4.69, 9.17) is 9.97 Å². The first-order valence-corrected chi connectivity index (χ1v) is 22.4. The summed E-state index contributed by atoms with van der Waals surface area (Å²) in [6, 6.07) is 18.3. The predicted molar refractivity (Wildman–Crippen MR) is 191 cm³/mol. The average Bonchev–Trinajstić information content (AvgIpc) is 3.57. The molecule has 9 rings (SSSR count). The van der Waals surface area contributed by atoms with Gasteiger partial charge in [0, 0.05) is 16.5 Å². The predicted octanol–water partition coefficient (Wildman–Crippen LogP) is 8.30. The first-order valence-electron chi connectivity index (χ1n) is 15.4. The lowest BCUT2D eigenvalue weighted by Crippen LogP contribution is -2.38. The van der Waals surface area contributed by atoms with Crippen molar-refractivity contribution in [3.05, 3.63) is 64.6 Å². The van der Waals surface area contributed by atoms with Gasteiger partial charge in [-0.05, 0) is 66.0 Å². The standard InChI is InChI=1S/C37H35N3OSi2/c1-37(2,3)26-15-14-23-34(38-26)39-35-32-21-16-24(42(4,5)6)19-12-10-18-11-13-20-25(43(7,8)9)17-22(33(32)36(41)40(23)35)31-29(20)27(18)28(19)30(21)31/h10-17H,1-9H3. The van der Waals surface area contributed by atoms with E-state index >= 15 is 0 Å². The molecule has 0 fully saturated rings. The molecule has 4 nitrogen and oxygen atoms in total. The van der Waals surface area contributed by atoms with Crippen LogP contribution in [0.25, 0.3) is 81.4 Å². The van der Waals surface area contributed by atoms with Gasteiger partial charge in [-0.25, -0.2) is 9.97 Å². The van der Waals surface area contributed by atoms with Crippen LogP contribution < -0.4 is 15.9 Å². The van der Waals surface area contributed by atoms with Gasteiger partial charge in [-0.3, -0.25) is 9.20 Å². The van der Waals surface area contributed by atoms with Crippen molar-refractivity contribution in [1.29, 1.82) is 0 Å². The Labute approximate surface area is 251 Å². The van der Waals surface area contributed by atoms with E-state index < -0.39 is 16.1 Å². The van der Waals surface area contributed by atoms with Crippen molar-refractivity contribution in [3.63, 3.8) is 0 Å². The van der Waals surface area contributed by atoms with Crippen molar-refractivity contribution in [3.8, 4) is 0 Å². The summed E-state index contributed by atoms with van der Waals surface area (Å²) in [5, 5.41) is 17.7. The van der Waals surface area contributed by atoms with E-state index in [0.717, 1.165) is 33.0 Å². The zero-order valence-corrected chi connectivity index (χ0v) is 28.4. The molecule has 0 radical (unpaired) electrons. The highest BCUT2D eigenvalue weighted by Crippen LogP contribution is 2.50. The number of pyridine rings is 1. The number of imidazole rings is 1. The summed E-state index contributed by atoms with van der Waals surface area (Å²) >= 11 is 0. The van der Waals surface area contributed by atoms with Crippen LogP contribution in [0.4, 0.5) is 0 Å². The topological polar surface area (TPSA) is 47.3 Å².